The highest BCUT2D eigenvalue weighted by Gasteiger charge is 2.18. The van der Waals surface area contributed by atoms with Crippen LogP contribution in [0.25, 0.3) is 0 Å². The standard InChI is InChI=1S/C3H5N3O2S/c7-2-4-1-6(9)3(8)5-2/h9H,1H2,(H2,4,5,7,8). The van der Waals surface area contributed by atoms with Crippen LogP contribution in [0.1, 0.15) is 0 Å². The number of urea groups is 2. The molecule has 0 bridgehead atoms. The van der Waals surface area contributed by atoms with Crippen molar-refractivity contribution in [3.8, 4) is 0 Å². The zero-order valence-electron chi connectivity index (χ0n) is 4.42. The van der Waals surface area contributed by atoms with Gasteiger partial charge in [-0.3, -0.25) is 9.62 Å². The summed E-state index contributed by atoms with van der Waals surface area (Å²) in [6.07, 6.45) is 0. The van der Waals surface area contributed by atoms with Crippen molar-refractivity contribution >= 4 is 24.9 Å². The van der Waals surface area contributed by atoms with E-state index in [-0.39, 0.29) is 6.67 Å². The molecule has 4 amide bonds. The molecule has 50 valence electrons. The molecule has 0 atom stereocenters. The van der Waals surface area contributed by atoms with Crippen LogP contribution in [0.3, 0.4) is 0 Å². The minimum absolute atomic E-state index is 0.147. The highest BCUT2D eigenvalue weighted by atomic mass is 32.1. The highest BCUT2D eigenvalue weighted by molar-refractivity contribution is 7.78. The first kappa shape index (κ1) is 6.21. The molecule has 0 radical (unpaired) electrons. The molecule has 1 fully saturated rings. The van der Waals surface area contributed by atoms with E-state index in [2.05, 4.69) is 18.1 Å². The van der Waals surface area contributed by atoms with Crippen molar-refractivity contribution in [2.45, 2.75) is 0 Å². The van der Waals surface area contributed by atoms with Gasteiger partial charge in [0.2, 0.25) is 0 Å². The van der Waals surface area contributed by atoms with E-state index < -0.39 is 12.1 Å². The molecule has 0 aromatic carbocycles. The second kappa shape index (κ2) is 2.14. The third-order valence-corrected chi connectivity index (χ3v) is 1.17. The van der Waals surface area contributed by atoms with E-state index in [9.17, 15) is 9.59 Å². The lowest BCUT2D eigenvalue weighted by Gasteiger charge is -2.21. The summed E-state index contributed by atoms with van der Waals surface area (Å²) in [7, 11) is 0. The Kier molecular flexibility index (Phi) is 1.48. The predicted molar refractivity (Wildman–Crippen MR) is 32.8 cm³/mol. The lowest BCUT2D eigenvalue weighted by Crippen LogP contribution is -2.53. The molecule has 5 nitrogen and oxygen atoms in total. The van der Waals surface area contributed by atoms with Crippen LogP contribution in [0.2, 0.25) is 0 Å². The Hall–Kier alpha value is -0.910. The molecule has 0 aliphatic carbocycles. The van der Waals surface area contributed by atoms with E-state index in [1.165, 1.54) is 0 Å². The van der Waals surface area contributed by atoms with Gasteiger partial charge in [0.25, 0.3) is 0 Å². The Labute approximate surface area is 56.9 Å². The number of hydrogen-bond donors (Lipinski definition) is 3. The Bertz CT molecular complexity index is 159. The summed E-state index contributed by atoms with van der Waals surface area (Å²) >= 11 is 3.70. The molecule has 9 heavy (non-hydrogen) atoms. The van der Waals surface area contributed by atoms with Crippen LogP contribution in [0.5, 0.6) is 0 Å². The van der Waals surface area contributed by atoms with Crippen LogP contribution < -0.4 is 10.6 Å². The van der Waals surface area contributed by atoms with Crippen molar-refractivity contribution in [1.29, 1.82) is 0 Å². The number of imide groups is 1. The van der Waals surface area contributed by atoms with Crippen molar-refractivity contribution in [3.05, 3.63) is 0 Å². The summed E-state index contributed by atoms with van der Waals surface area (Å²) in [6.45, 7) is 0.147. The molecule has 1 heterocycles. The van der Waals surface area contributed by atoms with Crippen molar-refractivity contribution < 1.29 is 9.59 Å². The highest BCUT2D eigenvalue weighted by Crippen LogP contribution is 1.94. The fourth-order valence-corrected chi connectivity index (χ4v) is 0.545. The molecule has 1 aliphatic rings. The number of amides is 4. The number of hydrogen-bond acceptors (Lipinski definition) is 3. The third kappa shape index (κ3) is 1.26. The van der Waals surface area contributed by atoms with Crippen molar-refractivity contribution in [2.24, 2.45) is 0 Å². The Morgan fingerprint density at radius 2 is 2.22 bits per heavy atom. The van der Waals surface area contributed by atoms with Gasteiger partial charge in [-0.25, -0.2) is 9.59 Å². The quantitative estimate of drug-likeness (QED) is 0.405. The molecule has 6 heteroatoms. The van der Waals surface area contributed by atoms with Gasteiger partial charge in [-0.15, -0.1) is 0 Å². The first-order chi connectivity index (χ1) is 4.20. The minimum Gasteiger partial charge on any atom is -0.319 e. The SMILES string of the molecule is O=C1NCN(S)C(=O)N1. The molecular formula is C3H5N3O2S. The average molecular weight is 147 g/mol. The molecule has 0 unspecified atom stereocenters. The lowest BCUT2D eigenvalue weighted by atomic mass is 10.7. The van der Waals surface area contributed by atoms with E-state index in [1.54, 1.807) is 0 Å². The molecule has 1 rings (SSSR count). The van der Waals surface area contributed by atoms with Gasteiger partial charge in [-0.1, -0.05) is 12.8 Å². The lowest BCUT2D eigenvalue weighted by molar-refractivity contribution is 0.204. The van der Waals surface area contributed by atoms with Gasteiger partial charge in [0, 0.05) is 0 Å². The number of nitrogens with one attached hydrogen (secondary N) is 2. The molecule has 2 N–H and O–H groups in total. The summed E-state index contributed by atoms with van der Waals surface area (Å²) in [6, 6.07) is -0.979. The van der Waals surface area contributed by atoms with Crippen LogP contribution in [0.4, 0.5) is 9.59 Å². The normalized spacial score (nSPS) is 19.0. The molecule has 0 saturated carbocycles. The maximum Gasteiger partial charge on any atom is 0.336 e. The fourth-order valence-electron chi connectivity index (χ4n) is 0.424. The summed E-state index contributed by atoms with van der Waals surface area (Å²) in [5.74, 6) is 0. The number of carbonyl (C=O) groups is 2. The second-order valence-corrected chi connectivity index (χ2v) is 1.98. The van der Waals surface area contributed by atoms with Gasteiger partial charge < -0.3 is 5.32 Å². The van der Waals surface area contributed by atoms with Crippen molar-refractivity contribution in [2.75, 3.05) is 6.67 Å². The maximum atomic E-state index is 10.5. The average Bonchev–Trinajstić information content (AvgIpc) is 1.80. The number of rotatable bonds is 0. The third-order valence-electron chi connectivity index (χ3n) is 0.844. The minimum atomic E-state index is -0.498. The topological polar surface area (TPSA) is 61.4 Å². The zero-order chi connectivity index (χ0) is 6.85. The van der Waals surface area contributed by atoms with Gasteiger partial charge in [0.05, 0.1) is 0 Å². The van der Waals surface area contributed by atoms with Crippen molar-refractivity contribution in [3.63, 3.8) is 0 Å². The number of nitrogens with zero attached hydrogens (tertiary/aromatic N) is 1. The van der Waals surface area contributed by atoms with E-state index in [1.807, 2.05) is 5.32 Å². The largest absolute Gasteiger partial charge is 0.336 e. The monoisotopic (exact) mass is 147 g/mol. The van der Waals surface area contributed by atoms with Gasteiger partial charge >= 0.3 is 12.1 Å². The first-order valence-corrected chi connectivity index (χ1v) is 2.65. The predicted octanol–water partition coefficient (Wildman–Crippen LogP) is -0.477. The first-order valence-electron chi connectivity index (χ1n) is 2.25. The number of carbonyl (C=O) groups excluding carboxylic acids is 2. The molecule has 0 spiro atoms. The summed E-state index contributed by atoms with van der Waals surface area (Å²) in [5.41, 5.74) is 0. The van der Waals surface area contributed by atoms with E-state index in [0.29, 0.717) is 0 Å². The summed E-state index contributed by atoms with van der Waals surface area (Å²) in [4.78, 5) is 20.8. The van der Waals surface area contributed by atoms with Gasteiger partial charge in [-0.05, 0) is 0 Å². The van der Waals surface area contributed by atoms with Gasteiger partial charge in [0.1, 0.15) is 6.67 Å². The van der Waals surface area contributed by atoms with E-state index in [0.717, 1.165) is 4.31 Å². The van der Waals surface area contributed by atoms with Crippen LogP contribution >= 0.6 is 12.8 Å². The van der Waals surface area contributed by atoms with E-state index in [4.69, 9.17) is 0 Å². The molecule has 0 aromatic heterocycles. The molecule has 0 aromatic rings. The summed E-state index contributed by atoms with van der Waals surface area (Å²) in [5, 5.41) is 4.33. The number of thiol groups is 1. The fraction of sp³-hybridized carbons (Fsp3) is 0.333. The summed E-state index contributed by atoms with van der Waals surface area (Å²) < 4.78 is 1.06. The van der Waals surface area contributed by atoms with Crippen LogP contribution in [0.15, 0.2) is 0 Å². The van der Waals surface area contributed by atoms with Gasteiger partial charge in [-0.2, -0.15) is 0 Å². The van der Waals surface area contributed by atoms with Crippen LogP contribution in [-0.2, 0) is 0 Å². The second-order valence-electron chi connectivity index (χ2n) is 1.49. The molecule has 1 aliphatic heterocycles. The van der Waals surface area contributed by atoms with Crippen LogP contribution in [0, 0.1) is 0 Å². The maximum absolute atomic E-state index is 10.5. The van der Waals surface area contributed by atoms with E-state index >= 15 is 0 Å². The Morgan fingerprint density at radius 1 is 1.56 bits per heavy atom. The molecular weight excluding hydrogens is 142 g/mol. The van der Waals surface area contributed by atoms with Gasteiger partial charge in [0.15, 0.2) is 0 Å². The Balaban J connectivity index is 2.54. The van der Waals surface area contributed by atoms with Crippen LogP contribution in [-0.4, -0.2) is 23.0 Å². The van der Waals surface area contributed by atoms with Crippen molar-refractivity contribution in [1.82, 2.24) is 14.9 Å². The smallest absolute Gasteiger partial charge is 0.319 e. The zero-order valence-corrected chi connectivity index (χ0v) is 5.31. The molecule has 1 saturated heterocycles. The Morgan fingerprint density at radius 3 is 2.67 bits per heavy atom.